The summed E-state index contributed by atoms with van der Waals surface area (Å²) in [4.78, 5) is 5.28. The molecule has 16 heavy (non-hydrogen) atoms. The number of hydrogen-bond donors (Lipinski definition) is 2. The lowest BCUT2D eigenvalue weighted by molar-refractivity contribution is 0.573. The third-order valence-electron chi connectivity index (χ3n) is 2.31. The molecular weight excluding hydrogens is 292 g/mol. The summed E-state index contributed by atoms with van der Waals surface area (Å²) in [6.07, 6.45) is 0. The van der Waals surface area contributed by atoms with Crippen molar-refractivity contribution in [3.63, 3.8) is 0 Å². The van der Waals surface area contributed by atoms with Gasteiger partial charge in [0.2, 0.25) is 0 Å². The standard InChI is InChI=1S/C8H11BrN6S/c1-4-7(16-3-11-4)5(12-10)6-8(9)13-14-15(6)2/h3,5,12H,10H2,1-2H3. The number of nitrogens with one attached hydrogen (secondary N) is 1. The number of hydrogen-bond acceptors (Lipinski definition) is 6. The zero-order valence-corrected chi connectivity index (χ0v) is 11.2. The monoisotopic (exact) mass is 302 g/mol. The normalized spacial score (nSPS) is 13.0. The van der Waals surface area contributed by atoms with Crippen LogP contribution < -0.4 is 11.3 Å². The van der Waals surface area contributed by atoms with E-state index in [9.17, 15) is 0 Å². The zero-order valence-electron chi connectivity index (χ0n) is 8.81. The number of rotatable bonds is 3. The molecule has 0 spiro atoms. The molecule has 0 saturated carbocycles. The van der Waals surface area contributed by atoms with Gasteiger partial charge in [-0.05, 0) is 22.9 Å². The maximum absolute atomic E-state index is 5.60. The van der Waals surface area contributed by atoms with Gasteiger partial charge in [-0.15, -0.1) is 16.4 Å². The van der Waals surface area contributed by atoms with Crippen molar-refractivity contribution in [1.82, 2.24) is 25.4 Å². The van der Waals surface area contributed by atoms with Gasteiger partial charge in [-0.2, -0.15) is 0 Å². The fourth-order valence-electron chi connectivity index (χ4n) is 1.51. The van der Waals surface area contributed by atoms with Crippen LogP contribution in [0.25, 0.3) is 0 Å². The summed E-state index contributed by atoms with van der Waals surface area (Å²) >= 11 is 4.92. The lowest BCUT2D eigenvalue weighted by Gasteiger charge is -2.14. The first-order chi connectivity index (χ1) is 7.65. The number of halogens is 1. The van der Waals surface area contributed by atoms with Crippen LogP contribution in [-0.4, -0.2) is 20.0 Å². The molecule has 0 aromatic carbocycles. The molecule has 0 radical (unpaired) electrons. The number of thiazole rings is 1. The number of hydrazine groups is 1. The first-order valence-corrected chi connectivity index (χ1v) is 6.23. The Labute approximate surface area is 105 Å². The molecule has 3 N–H and O–H groups in total. The molecule has 0 saturated heterocycles. The summed E-state index contributed by atoms with van der Waals surface area (Å²) in [6.45, 7) is 1.95. The predicted molar refractivity (Wildman–Crippen MR) is 64.7 cm³/mol. The summed E-state index contributed by atoms with van der Waals surface area (Å²) in [5.74, 6) is 5.60. The molecular formula is C8H11BrN6S. The van der Waals surface area contributed by atoms with Crippen LogP contribution in [0.2, 0.25) is 0 Å². The molecule has 86 valence electrons. The molecule has 0 aliphatic heterocycles. The Morgan fingerprint density at radius 1 is 1.62 bits per heavy atom. The van der Waals surface area contributed by atoms with Gasteiger partial charge in [0.25, 0.3) is 0 Å². The number of aryl methyl sites for hydroxylation is 2. The lowest BCUT2D eigenvalue weighted by Crippen LogP contribution is -2.30. The fraction of sp³-hybridized carbons (Fsp3) is 0.375. The molecule has 1 atom stereocenters. The fourth-order valence-corrected chi connectivity index (χ4v) is 2.93. The second-order valence-electron chi connectivity index (χ2n) is 3.29. The van der Waals surface area contributed by atoms with Gasteiger partial charge in [-0.1, -0.05) is 5.21 Å². The van der Waals surface area contributed by atoms with Gasteiger partial charge in [0, 0.05) is 7.05 Å². The summed E-state index contributed by atoms with van der Waals surface area (Å²) in [5, 5.41) is 7.88. The van der Waals surface area contributed by atoms with Gasteiger partial charge in [-0.25, -0.2) is 15.1 Å². The molecule has 2 aromatic rings. The molecule has 2 heterocycles. The minimum Gasteiger partial charge on any atom is -0.270 e. The van der Waals surface area contributed by atoms with Crippen molar-refractivity contribution in [2.45, 2.75) is 13.0 Å². The third kappa shape index (κ3) is 1.88. The quantitative estimate of drug-likeness (QED) is 0.650. The van der Waals surface area contributed by atoms with Crippen molar-refractivity contribution >= 4 is 27.3 Å². The molecule has 1 unspecified atom stereocenters. The van der Waals surface area contributed by atoms with E-state index in [1.165, 1.54) is 0 Å². The van der Waals surface area contributed by atoms with Crippen LogP contribution in [0.3, 0.4) is 0 Å². The molecule has 0 bridgehead atoms. The van der Waals surface area contributed by atoms with E-state index in [1.807, 2.05) is 14.0 Å². The summed E-state index contributed by atoms with van der Waals surface area (Å²) in [7, 11) is 1.83. The van der Waals surface area contributed by atoms with Crippen LogP contribution in [0.15, 0.2) is 10.1 Å². The van der Waals surface area contributed by atoms with E-state index in [2.05, 4.69) is 36.7 Å². The van der Waals surface area contributed by atoms with E-state index in [-0.39, 0.29) is 6.04 Å². The first-order valence-electron chi connectivity index (χ1n) is 4.56. The van der Waals surface area contributed by atoms with Gasteiger partial charge >= 0.3 is 0 Å². The molecule has 6 nitrogen and oxygen atoms in total. The van der Waals surface area contributed by atoms with E-state index >= 15 is 0 Å². The van der Waals surface area contributed by atoms with E-state index in [0.29, 0.717) is 4.60 Å². The molecule has 0 aliphatic rings. The van der Waals surface area contributed by atoms with Crippen molar-refractivity contribution in [3.05, 3.63) is 26.4 Å². The molecule has 0 fully saturated rings. The maximum Gasteiger partial charge on any atom is 0.153 e. The molecule has 0 aliphatic carbocycles. The van der Waals surface area contributed by atoms with E-state index < -0.39 is 0 Å². The van der Waals surface area contributed by atoms with E-state index in [1.54, 1.807) is 21.5 Å². The van der Waals surface area contributed by atoms with Crippen LogP contribution in [0.5, 0.6) is 0 Å². The van der Waals surface area contributed by atoms with Crippen molar-refractivity contribution in [2.75, 3.05) is 0 Å². The van der Waals surface area contributed by atoms with E-state index in [0.717, 1.165) is 16.3 Å². The minimum atomic E-state index is -0.151. The highest BCUT2D eigenvalue weighted by Gasteiger charge is 2.23. The summed E-state index contributed by atoms with van der Waals surface area (Å²) < 4.78 is 2.37. The SMILES string of the molecule is Cc1ncsc1C(NN)c1c(Br)nnn1C. The van der Waals surface area contributed by atoms with Crippen molar-refractivity contribution in [2.24, 2.45) is 12.9 Å². The molecule has 2 rings (SSSR count). The van der Waals surface area contributed by atoms with Gasteiger partial charge in [0.05, 0.1) is 21.8 Å². The van der Waals surface area contributed by atoms with Crippen LogP contribution in [0.4, 0.5) is 0 Å². The van der Waals surface area contributed by atoms with Gasteiger partial charge in [0.1, 0.15) is 6.04 Å². The highest BCUT2D eigenvalue weighted by atomic mass is 79.9. The van der Waals surface area contributed by atoms with Gasteiger partial charge < -0.3 is 0 Å². The Morgan fingerprint density at radius 3 is 2.81 bits per heavy atom. The first kappa shape index (κ1) is 11.6. The average molecular weight is 303 g/mol. The van der Waals surface area contributed by atoms with Gasteiger partial charge in [0.15, 0.2) is 4.60 Å². The van der Waals surface area contributed by atoms with Crippen LogP contribution in [-0.2, 0) is 7.05 Å². The van der Waals surface area contributed by atoms with Crippen LogP contribution in [0, 0.1) is 6.92 Å². The van der Waals surface area contributed by atoms with Gasteiger partial charge in [-0.3, -0.25) is 5.84 Å². The zero-order chi connectivity index (χ0) is 11.7. The largest absolute Gasteiger partial charge is 0.270 e. The number of aromatic nitrogens is 4. The molecule has 2 aromatic heterocycles. The van der Waals surface area contributed by atoms with Crippen molar-refractivity contribution in [1.29, 1.82) is 0 Å². The number of nitrogens with zero attached hydrogens (tertiary/aromatic N) is 4. The molecule has 0 amide bonds. The second-order valence-corrected chi connectivity index (χ2v) is 4.93. The summed E-state index contributed by atoms with van der Waals surface area (Å²) in [5.41, 5.74) is 6.41. The topological polar surface area (TPSA) is 81.7 Å². The highest BCUT2D eigenvalue weighted by Crippen LogP contribution is 2.30. The summed E-state index contributed by atoms with van der Waals surface area (Å²) in [6, 6.07) is -0.151. The minimum absolute atomic E-state index is 0.151. The Morgan fingerprint density at radius 2 is 2.38 bits per heavy atom. The Bertz CT molecular complexity index is 473. The van der Waals surface area contributed by atoms with Crippen LogP contribution in [0.1, 0.15) is 22.3 Å². The Hall–Kier alpha value is -0.830. The second kappa shape index (κ2) is 4.58. The van der Waals surface area contributed by atoms with Crippen molar-refractivity contribution in [3.8, 4) is 0 Å². The predicted octanol–water partition coefficient (Wildman–Crippen LogP) is 0.895. The Balaban J connectivity index is 2.49. The van der Waals surface area contributed by atoms with E-state index in [4.69, 9.17) is 5.84 Å². The lowest BCUT2D eigenvalue weighted by atomic mass is 10.1. The molecule has 8 heteroatoms. The smallest absolute Gasteiger partial charge is 0.153 e. The average Bonchev–Trinajstić information content (AvgIpc) is 2.80. The maximum atomic E-state index is 5.60. The number of nitrogens with two attached hydrogens (primary N) is 1. The third-order valence-corrected chi connectivity index (χ3v) is 3.87. The van der Waals surface area contributed by atoms with Crippen molar-refractivity contribution < 1.29 is 0 Å². The van der Waals surface area contributed by atoms with Crippen LogP contribution >= 0.6 is 27.3 Å². The Kier molecular flexibility index (Phi) is 3.33. The highest BCUT2D eigenvalue weighted by molar-refractivity contribution is 9.10.